The molecule has 5 nitrogen and oxygen atoms in total. The second-order valence-electron chi connectivity index (χ2n) is 4.07. The van der Waals surface area contributed by atoms with Crippen molar-refractivity contribution in [1.29, 1.82) is 5.26 Å². The third-order valence-electron chi connectivity index (χ3n) is 2.58. The molecule has 0 bridgehead atoms. The van der Waals surface area contributed by atoms with E-state index in [1.54, 1.807) is 12.1 Å². The summed E-state index contributed by atoms with van der Waals surface area (Å²) in [7, 11) is 0. The van der Waals surface area contributed by atoms with Crippen LogP contribution in [0.25, 0.3) is 0 Å². The van der Waals surface area contributed by atoms with Crippen LogP contribution in [-0.2, 0) is 17.9 Å². The van der Waals surface area contributed by atoms with Crippen molar-refractivity contribution in [2.24, 2.45) is 0 Å². The largest absolute Gasteiger partial charge is 0.445 e. The summed E-state index contributed by atoms with van der Waals surface area (Å²) in [6.07, 6.45) is 0.965. The molecular formula is C15H13N3O2. The van der Waals surface area contributed by atoms with Crippen molar-refractivity contribution in [3.05, 3.63) is 65.5 Å². The number of hydrogen-bond donors (Lipinski definition) is 1. The molecule has 0 aliphatic heterocycles. The number of amides is 1. The number of nitrogens with zero attached hydrogens (tertiary/aromatic N) is 2. The zero-order valence-electron chi connectivity index (χ0n) is 10.7. The average molecular weight is 267 g/mol. The summed E-state index contributed by atoms with van der Waals surface area (Å²) in [4.78, 5) is 15.5. The number of nitriles is 1. The fourth-order valence-corrected chi connectivity index (χ4v) is 1.53. The van der Waals surface area contributed by atoms with Gasteiger partial charge in [-0.15, -0.1) is 0 Å². The normalized spacial score (nSPS) is 9.55. The first-order valence-electron chi connectivity index (χ1n) is 6.07. The molecule has 1 N–H and O–H groups in total. The van der Waals surface area contributed by atoms with E-state index in [4.69, 9.17) is 10.00 Å². The number of hydrogen-bond acceptors (Lipinski definition) is 4. The Labute approximate surface area is 116 Å². The predicted molar refractivity (Wildman–Crippen MR) is 72.4 cm³/mol. The number of aromatic nitrogens is 1. The number of carbonyl (C=O) groups excluding carboxylic acids is 1. The molecule has 100 valence electrons. The van der Waals surface area contributed by atoms with E-state index in [-0.39, 0.29) is 13.2 Å². The molecule has 1 aromatic carbocycles. The molecule has 0 atom stereocenters. The van der Waals surface area contributed by atoms with Gasteiger partial charge in [-0.1, -0.05) is 30.3 Å². The summed E-state index contributed by atoms with van der Waals surface area (Å²) in [6.45, 7) is 0.493. The maximum Gasteiger partial charge on any atom is 0.407 e. The van der Waals surface area contributed by atoms with Gasteiger partial charge in [-0.05, 0) is 17.7 Å². The Bertz CT molecular complexity index is 603. The summed E-state index contributed by atoms with van der Waals surface area (Å²) in [6, 6.07) is 14.8. The number of ether oxygens (including phenoxy) is 1. The molecule has 0 saturated heterocycles. The number of carbonyl (C=O) groups is 1. The molecule has 1 aromatic heterocycles. The van der Waals surface area contributed by atoms with E-state index >= 15 is 0 Å². The van der Waals surface area contributed by atoms with E-state index in [1.807, 2.05) is 36.4 Å². The molecule has 1 heterocycles. The van der Waals surface area contributed by atoms with Gasteiger partial charge < -0.3 is 10.1 Å². The molecule has 0 aliphatic rings. The van der Waals surface area contributed by atoms with Crippen molar-refractivity contribution in [3.8, 4) is 6.07 Å². The first-order valence-corrected chi connectivity index (χ1v) is 6.07. The Kier molecular flexibility index (Phi) is 4.68. The number of nitrogens with one attached hydrogen (secondary N) is 1. The minimum Gasteiger partial charge on any atom is -0.445 e. The number of pyridine rings is 1. The summed E-state index contributed by atoms with van der Waals surface area (Å²) in [5, 5.41) is 11.2. The van der Waals surface area contributed by atoms with Gasteiger partial charge in [-0.2, -0.15) is 5.26 Å². The molecule has 2 aromatic rings. The molecule has 20 heavy (non-hydrogen) atoms. The fraction of sp³-hybridized carbons (Fsp3) is 0.133. The van der Waals surface area contributed by atoms with Gasteiger partial charge in [-0.3, -0.25) is 4.98 Å². The Morgan fingerprint density at radius 2 is 2.05 bits per heavy atom. The van der Waals surface area contributed by atoms with Crippen molar-refractivity contribution in [2.45, 2.75) is 13.2 Å². The molecule has 0 radical (unpaired) electrons. The minimum absolute atomic E-state index is 0.230. The van der Waals surface area contributed by atoms with Crippen molar-refractivity contribution in [3.63, 3.8) is 0 Å². The van der Waals surface area contributed by atoms with Crippen LogP contribution in [-0.4, -0.2) is 11.1 Å². The van der Waals surface area contributed by atoms with Crippen LogP contribution in [0.1, 0.15) is 16.8 Å². The average Bonchev–Trinajstić information content (AvgIpc) is 2.52. The standard InChI is InChI=1S/C15H13N3O2/c16-8-13-6-7-14(17-9-13)10-18-15(19)20-11-12-4-2-1-3-5-12/h1-7,9H,10-11H2,(H,18,19). The van der Waals surface area contributed by atoms with Crippen LogP contribution in [0.4, 0.5) is 4.79 Å². The van der Waals surface area contributed by atoms with Crippen LogP contribution < -0.4 is 5.32 Å². The first-order chi connectivity index (χ1) is 9.78. The highest BCUT2D eigenvalue weighted by molar-refractivity contribution is 5.67. The van der Waals surface area contributed by atoms with E-state index in [2.05, 4.69) is 10.3 Å². The van der Waals surface area contributed by atoms with Gasteiger partial charge in [-0.25, -0.2) is 4.79 Å². The maximum atomic E-state index is 11.5. The van der Waals surface area contributed by atoms with E-state index in [1.165, 1.54) is 6.20 Å². The highest BCUT2D eigenvalue weighted by Gasteiger charge is 2.03. The monoisotopic (exact) mass is 267 g/mol. The van der Waals surface area contributed by atoms with E-state index in [0.29, 0.717) is 11.3 Å². The second kappa shape index (κ2) is 6.90. The lowest BCUT2D eigenvalue weighted by Gasteiger charge is -2.06. The SMILES string of the molecule is N#Cc1ccc(CNC(=O)OCc2ccccc2)nc1. The number of alkyl carbamates (subject to hydrolysis) is 1. The van der Waals surface area contributed by atoms with Gasteiger partial charge in [0.1, 0.15) is 12.7 Å². The summed E-state index contributed by atoms with van der Waals surface area (Å²) in [5.74, 6) is 0. The molecule has 0 aliphatic carbocycles. The van der Waals surface area contributed by atoms with Gasteiger partial charge in [0.2, 0.25) is 0 Å². The molecule has 0 fully saturated rings. The Balaban J connectivity index is 1.76. The Hall–Kier alpha value is -2.87. The second-order valence-corrected chi connectivity index (χ2v) is 4.07. The Morgan fingerprint density at radius 1 is 1.25 bits per heavy atom. The van der Waals surface area contributed by atoms with Crippen LogP contribution in [0.2, 0.25) is 0 Å². The molecule has 1 amide bonds. The third-order valence-corrected chi connectivity index (χ3v) is 2.58. The lowest BCUT2D eigenvalue weighted by Crippen LogP contribution is -2.24. The molecule has 0 spiro atoms. The summed E-state index contributed by atoms with van der Waals surface area (Å²) < 4.78 is 5.06. The van der Waals surface area contributed by atoms with Crippen molar-refractivity contribution in [1.82, 2.24) is 10.3 Å². The van der Waals surface area contributed by atoms with Crippen molar-refractivity contribution >= 4 is 6.09 Å². The topological polar surface area (TPSA) is 75.0 Å². The van der Waals surface area contributed by atoms with Crippen molar-refractivity contribution in [2.75, 3.05) is 0 Å². The number of rotatable bonds is 4. The van der Waals surface area contributed by atoms with Gasteiger partial charge >= 0.3 is 6.09 Å². The molecule has 5 heteroatoms. The molecular weight excluding hydrogens is 254 g/mol. The van der Waals surface area contributed by atoms with E-state index in [0.717, 1.165) is 5.56 Å². The van der Waals surface area contributed by atoms with Crippen LogP contribution in [0.15, 0.2) is 48.7 Å². The smallest absolute Gasteiger partial charge is 0.407 e. The fourth-order valence-electron chi connectivity index (χ4n) is 1.53. The summed E-state index contributed by atoms with van der Waals surface area (Å²) >= 11 is 0. The van der Waals surface area contributed by atoms with Crippen LogP contribution in [0.5, 0.6) is 0 Å². The zero-order valence-corrected chi connectivity index (χ0v) is 10.7. The molecule has 2 rings (SSSR count). The van der Waals surface area contributed by atoms with Crippen LogP contribution in [0, 0.1) is 11.3 Å². The molecule has 0 unspecified atom stereocenters. The van der Waals surface area contributed by atoms with Crippen molar-refractivity contribution < 1.29 is 9.53 Å². The molecule has 0 saturated carbocycles. The third kappa shape index (κ3) is 4.10. The highest BCUT2D eigenvalue weighted by atomic mass is 16.5. The van der Waals surface area contributed by atoms with Gasteiger partial charge in [0, 0.05) is 6.20 Å². The predicted octanol–water partition coefficient (Wildman–Crippen LogP) is 2.38. The minimum atomic E-state index is -0.500. The first kappa shape index (κ1) is 13.6. The van der Waals surface area contributed by atoms with E-state index in [9.17, 15) is 4.79 Å². The van der Waals surface area contributed by atoms with Crippen LogP contribution in [0.3, 0.4) is 0 Å². The lowest BCUT2D eigenvalue weighted by atomic mass is 10.2. The zero-order chi connectivity index (χ0) is 14.2. The van der Waals surface area contributed by atoms with Gasteiger partial charge in [0.15, 0.2) is 0 Å². The highest BCUT2D eigenvalue weighted by Crippen LogP contribution is 2.01. The van der Waals surface area contributed by atoms with Gasteiger partial charge in [0.05, 0.1) is 17.8 Å². The van der Waals surface area contributed by atoms with Gasteiger partial charge in [0.25, 0.3) is 0 Å². The quantitative estimate of drug-likeness (QED) is 0.922. The van der Waals surface area contributed by atoms with E-state index < -0.39 is 6.09 Å². The number of benzene rings is 1. The maximum absolute atomic E-state index is 11.5. The van der Waals surface area contributed by atoms with Crippen LogP contribution >= 0.6 is 0 Å². The lowest BCUT2D eigenvalue weighted by molar-refractivity contribution is 0.139. The Morgan fingerprint density at radius 3 is 2.70 bits per heavy atom. The summed E-state index contributed by atoms with van der Waals surface area (Å²) in [5.41, 5.74) is 2.08.